The Morgan fingerprint density at radius 2 is 1.67 bits per heavy atom. The largest absolute Gasteiger partial charge is 0.505 e. The van der Waals surface area contributed by atoms with E-state index < -0.39 is 40.5 Å². The smallest absolute Gasteiger partial charge is 0.308 e. The van der Waals surface area contributed by atoms with Gasteiger partial charge < -0.3 is 9.84 Å². The normalized spacial score (nSPS) is 11.7. The molecule has 8 heteroatoms. The molecule has 0 saturated heterocycles. The van der Waals surface area contributed by atoms with Crippen LogP contribution in [0.3, 0.4) is 0 Å². The maximum Gasteiger partial charge on any atom is 0.308 e. The molecule has 0 spiro atoms. The molecule has 1 N–H and O–H groups in total. The zero-order valence-electron chi connectivity index (χ0n) is 17.1. The molecule has 1 aromatic heterocycles. The van der Waals surface area contributed by atoms with Crippen LogP contribution in [0.5, 0.6) is 11.5 Å². The van der Waals surface area contributed by atoms with Gasteiger partial charge in [0.2, 0.25) is 0 Å². The first-order valence-electron chi connectivity index (χ1n) is 9.09. The molecular formula is C22H20F3NO4. The summed E-state index contributed by atoms with van der Waals surface area (Å²) in [6, 6.07) is 3.58. The number of phenols is 1. The molecule has 0 unspecified atom stereocenters. The van der Waals surface area contributed by atoms with Crippen molar-refractivity contribution in [1.82, 2.24) is 4.57 Å². The second-order valence-corrected chi connectivity index (χ2v) is 8.00. The number of carbonyl (C=O) groups is 2. The van der Waals surface area contributed by atoms with Gasteiger partial charge in [0, 0.05) is 24.1 Å². The quantitative estimate of drug-likeness (QED) is 0.595. The van der Waals surface area contributed by atoms with E-state index in [1.165, 1.54) is 13.8 Å². The highest BCUT2D eigenvalue weighted by molar-refractivity contribution is 6.07. The SMILES string of the molecule is CC(=O)Oc1c(C)n(C(=O)c2ccc(F)c(F)c2)c2cc(F)c(O)c(C(C)(C)C)c12. The molecule has 3 rings (SSSR count). The fourth-order valence-electron chi connectivity index (χ4n) is 3.51. The number of esters is 1. The van der Waals surface area contributed by atoms with E-state index in [9.17, 15) is 27.9 Å². The van der Waals surface area contributed by atoms with Gasteiger partial charge in [-0.15, -0.1) is 0 Å². The van der Waals surface area contributed by atoms with Crippen molar-refractivity contribution in [2.45, 2.75) is 40.0 Å². The third-order valence-corrected chi connectivity index (χ3v) is 4.73. The van der Waals surface area contributed by atoms with E-state index in [0.29, 0.717) is 0 Å². The van der Waals surface area contributed by atoms with Gasteiger partial charge in [0.1, 0.15) is 0 Å². The minimum atomic E-state index is -1.21. The summed E-state index contributed by atoms with van der Waals surface area (Å²) in [4.78, 5) is 24.9. The molecule has 0 aliphatic rings. The van der Waals surface area contributed by atoms with Gasteiger partial charge in [-0.05, 0) is 30.5 Å². The molecule has 0 bridgehead atoms. The van der Waals surface area contributed by atoms with E-state index in [2.05, 4.69) is 0 Å². The predicted octanol–water partition coefficient (Wildman–Crippen LogP) is 4.98. The minimum absolute atomic E-state index is 0.0198. The molecule has 0 aliphatic carbocycles. The highest BCUT2D eigenvalue weighted by Crippen LogP contribution is 2.45. The lowest BCUT2D eigenvalue weighted by molar-refractivity contribution is -0.131. The van der Waals surface area contributed by atoms with Crippen LogP contribution in [0.15, 0.2) is 24.3 Å². The Kier molecular flexibility index (Phi) is 5.14. The summed E-state index contributed by atoms with van der Waals surface area (Å²) in [5.74, 6) is -5.41. The Balaban J connectivity index is 2.45. The van der Waals surface area contributed by atoms with Crippen molar-refractivity contribution in [3.05, 3.63) is 58.5 Å². The molecule has 5 nitrogen and oxygen atoms in total. The van der Waals surface area contributed by atoms with E-state index in [4.69, 9.17) is 4.74 Å². The fourth-order valence-corrected chi connectivity index (χ4v) is 3.51. The summed E-state index contributed by atoms with van der Waals surface area (Å²) in [6.45, 7) is 7.81. The van der Waals surface area contributed by atoms with E-state index in [-0.39, 0.29) is 33.5 Å². The second-order valence-electron chi connectivity index (χ2n) is 8.00. The van der Waals surface area contributed by atoms with Gasteiger partial charge in [0.15, 0.2) is 29.0 Å². The predicted molar refractivity (Wildman–Crippen MR) is 104 cm³/mol. The number of fused-ring (bicyclic) bond motifs is 1. The Morgan fingerprint density at radius 1 is 1.03 bits per heavy atom. The lowest BCUT2D eigenvalue weighted by atomic mass is 9.83. The van der Waals surface area contributed by atoms with Gasteiger partial charge in [-0.3, -0.25) is 14.2 Å². The summed E-state index contributed by atoms with van der Waals surface area (Å²) in [6.07, 6.45) is 0. The lowest BCUT2D eigenvalue weighted by Gasteiger charge is -2.22. The Hall–Kier alpha value is -3.29. The van der Waals surface area contributed by atoms with Crippen LogP contribution >= 0.6 is 0 Å². The number of rotatable bonds is 2. The van der Waals surface area contributed by atoms with Gasteiger partial charge in [0.05, 0.1) is 16.6 Å². The molecule has 0 atom stereocenters. The Morgan fingerprint density at radius 3 is 2.20 bits per heavy atom. The van der Waals surface area contributed by atoms with E-state index in [0.717, 1.165) is 28.8 Å². The molecular weight excluding hydrogens is 399 g/mol. The highest BCUT2D eigenvalue weighted by Gasteiger charge is 2.32. The third kappa shape index (κ3) is 3.42. The molecule has 0 amide bonds. The van der Waals surface area contributed by atoms with Crippen LogP contribution in [0, 0.1) is 24.4 Å². The first-order valence-corrected chi connectivity index (χ1v) is 9.09. The second kappa shape index (κ2) is 7.19. The number of aromatic nitrogens is 1. The summed E-state index contributed by atoms with van der Waals surface area (Å²) in [7, 11) is 0. The number of hydrogen-bond donors (Lipinski definition) is 1. The standard InChI is InChI=1S/C22H20F3NO4/c1-10-20(30-11(2)27)17-16(9-15(25)19(28)18(17)22(3,4)5)26(10)21(29)12-6-7-13(23)14(24)8-12/h6-9,28H,1-5H3. The van der Waals surface area contributed by atoms with Crippen LogP contribution in [-0.4, -0.2) is 21.6 Å². The Bertz CT molecular complexity index is 1210. The van der Waals surface area contributed by atoms with Gasteiger partial charge >= 0.3 is 5.97 Å². The van der Waals surface area contributed by atoms with Crippen LogP contribution < -0.4 is 4.74 Å². The van der Waals surface area contributed by atoms with E-state index >= 15 is 0 Å². The van der Waals surface area contributed by atoms with Crippen molar-refractivity contribution in [2.75, 3.05) is 0 Å². The maximum atomic E-state index is 14.6. The maximum absolute atomic E-state index is 14.6. The molecule has 0 radical (unpaired) electrons. The average molecular weight is 419 g/mol. The molecule has 30 heavy (non-hydrogen) atoms. The number of benzene rings is 2. The number of nitrogens with zero attached hydrogens (tertiary/aromatic N) is 1. The van der Waals surface area contributed by atoms with Crippen molar-refractivity contribution in [3.63, 3.8) is 0 Å². The summed E-state index contributed by atoms with van der Waals surface area (Å²) in [5, 5.41) is 10.6. The van der Waals surface area contributed by atoms with E-state index in [1.807, 2.05) is 0 Å². The molecule has 2 aromatic carbocycles. The Labute approximate surface area is 170 Å². The average Bonchev–Trinajstić information content (AvgIpc) is 2.87. The van der Waals surface area contributed by atoms with Crippen molar-refractivity contribution in [1.29, 1.82) is 0 Å². The molecule has 1 heterocycles. The van der Waals surface area contributed by atoms with Crippen LogP contribution in [0.2, 0.25) is 0 Å². The van der Waals surface area contributed by atoms with Gasteiger partial charge in [-0.1, -0.05) is 20.8 Å². The van der Waals surface area contributed by atoms with E-state index in [1.54, 1.807) is 20.8 Å². The van der Waals surface area contributed by atoms with Crippen LogP contribution in [0.1, 0.15) is 49.3 Å². The summed E-state index contributed by atoms with van der Waals surface area (Å²) in [5.41, 5.74) is -0.657. The molecule has 158 valence electrons. The van der Waals surface area contributed by atoms with Crippen molar-refractivity contribution in [2.24, 2.45) is 0 Å². The molecule has 3 aromatic rings. The van der Waals surface area contributed by atoms with Crippen molar-refractivity contribution in [3.8, 4) is 11.5 Å². The fraction of sp³-hybridized carbons (Fsp3) is 0.273. The topological polar surface area (TPSA) is 68.5 Å². The number of carbonyl (C=O) groups excluding carboxylic acids is 2. The van der Waals surface area contributed by atoms with Crippen molar-refractivity contribution < 1.29 is 32.6 Å². The zero-order valence-corrected chi connectivity index (χ0v) is 17.1. The van der Waals surface area contributed by atoms with Crippen LogP contribution in [0.25, 0.3) is 10.9 Å². The van der Waals surface area contributed by atoms with Gasteiger partial charge in [-0.2, -0.15) is 0 Å². The highest BCUT2D eigenvalue weighted by atomic mass is 19.2. The molecule has 0 fully saturated rings. The number of phenolic OH excluding ortho intramolecular Hbond substituents is 1. The van der Waals surface area contributed by atoms with Crippen LogP contribution in [-0.2, 0) is 10.2 Å². The summed E-state index contributed by atoms with van der Waals surface area (Å²) >= 11 is 0. The number of aromatic hydroxyl groups is 1. The monoisotopic (exact) mass is 419 g/mol. The first-order chi connectivity index (χ1) is 13.8. The summed E-state index contributed by atoms with van der Waals surface area (Å²) < 4.78 is 48.0. The van der Waals surface area contributed by atoms with Crippen molar-refractivity contribution >= 4 is 22.8 Å². The van der Waals surface area contributed by atoms with Gasteiger partial charge in [-0.25, -0.2) is 13.2 Å². The number of hydrogen-bond acceptors (Lipinski definition) is 4. The van der Waals surface area contributed by atoms with Gasteiger partial charge in [0.25, 0.3) is 5.91 Å². The molecule has 0 saturated carbocycles. The third-order valence-electron chi connectivity index (χ3n) is 4.73. The number of ether oxygens (including phenoxy) is 1. The van der Waals surface area contributed by atoms with Crippen LogP contribution in [0.4, 0.5) is 13.2 Å². The lowest BCUT2D eigenvalue weighted by Crippen LogP contribution is -2.15. The first kappa shape index (κ1) is 21.4. The zero-order chi connectivity index (χ0) is 22.5. The molecule has 0 aliphatic heterocycles. The number of halogens is 3. The minimum Gasteiger partial charge on any atom is -0.505 e.